The Morgan fingerprint density at radius 1 is 1.14 bits per heavy atom. The molecule has 0 amide bonds. The number of fused-ring (bicyclic) bond motifs is 1. The number of carboxylic acid groups (broad SMARTS) is 1. The number of aliphatic carboxylic acids is 1. The Bertz CT molecular complexity index is 1870. The number of aromatic amines is 1. The highest BCUT2D eigenvalue weighted by molar-refractivity contribution is 9.10. The van der Waals surface area contributed by atoms with Crippen LogP contribution in [0.1, 0.15) is 41.7 Å². The third-order valence-corrected chi connectivity index (χ3v) is 8.73. The zero-order chi connectivity index (χ0) is 29.1. The van der Waals surface area contributed by atoms with E-state index in [-0.39, 0.29) is 0 Å². The van der Waals surface area contributed by atoms with Crippen LogP contribution in [0, 0.1) is 0 Å². The second-order valence-electron chi connectivity index (χ2n) is 9.84. The van der Waals surface area contributed by atoms with Gasteiger partial charge in [-0.05, 0) is 56.7 Å². The number of nitrogens with zero attached hydrogens (tertiary/aromatic N) is 5. The second kappa shape index (κ2) is 12.3. The normalized spacial score (nSPS) is 11.9. The van der Waals surface area contributed by atoms with Gasteiger partial charge in [0.25, 0.3) is 0 Å². The number of carboxylic acids is 1. The van der Waals surface area contributed by atoms with Crippen LogP contribution in [0.15, 0.2) is 80.6 Å². The summed E-state index contributed by atoms with van der Waals surface area (Å²) in [6.07, 6.45) is 6.69. The van der Waals surface area contributed by atoms with Gasteiger partial charge in [0.15, 0.2) is 0 Å². The highest BCUT2D eigenvalue weighted by Crippen LogP contribution is 2.42. The molecular formula is C31H27BrN6O3S. The van der Waals surface area contributed by atoms with Crippen molar-refractivity contribution in [2.24, 2.45) is 0 Å². The minimum Gasteiger partial charge on any atom is -0.478 e. The topological polar surface area (TPSA) is 123 Å². The predicted octanol–water partition coefficient (Wildman–Crippen LogP) is 7.40. The van der Waals surface area contributed by atoms with Gasteiger partial charge in [-0.3, -0.25) is 0 Å². The minimum absolute atomic E-state index is 0.323. The van der Waals surface area contributed by atoms with E-state index in [0.717, 1.165) is 67.8 Å². The Balaban J connectivity index is 1.43. The van der Waals surface area contributed by atoms with Crippen LogP contribution in [0.5, 0.6) is 0 Å². The molecule has 0 aliphatic rings. The van der Waals surface area contributed by atoms with Gasteiger partial charge in [0.05, 0.1) is 22.9 Å². The molecule has 2 N–H and O–H groups in total. The second-order valence-corrected chi connectivity index (χ2v) is 11.7. The number of aryl methyl sites for hydroxylation is 1. The number of carbonyl (C=O) groups is 1. The van der Waals surface area contributed by atoms with Gasteiger partial charge in [-0.15, -0.1) is 21.5 Å². The monoisotopic (exact) mass is 642 g/mol. The van der Waals surface area contributed by atoms with Gasteiger partial charge in [0.1, 0.15) is 17.2 Å². The van der Waals surface area contributed by atoms with E-state index in [1.807, 2.05) is 53.9 Å². The highest BCUT2D eigenvalue weighted by atomic mass is 79.9. The molecule has 0 atom stereocenters. The molecule has 9 nitrogen and oxygen atoms in total. The van der Waals surface area contributed by atoms with Gasteiger partial charge < -0.3 is 14.1 Å². The summed E-state index contributed by atoms with van der Waals surface area (Å²) in [5.41, 5.74) is 4.46. The van der Waals surface area contributed by atoms with Crippen LogP contribution >= 0.6 is 27.3 Å². The van der Waals surface area contributed by atoms with Crippen molar-refractivity contribution in [1.29, 1.82) is 0 Å². The molecule has 0 saturated carbocycles. The molecule has 11 heteroatoms. The molecule has 4 heterocycles. The predicted molar refractivity (Wildman–Crippen MR) is 166 cm³/mol. The number of rotatable bonds is 11. The summed E-state index contributed by atoms with van der Waals surface area (Å²) in [7, 11) is 0. The number of benzene rings is 2. The van der Waals surface area contributed by atoms with E-state index in [4.69, 9.17) is 9.40 Å². The van der Waals surface area contributed by atoms with E-state index in [1.165, 1.54) is 0 Å². The molecular weight excluding hydrogens is 616 g/mol. The third kappa shape index (κ3) is 5.57. The van der Waals surface area contributed by atoms with E-state index >= 15 is 0 Å². The van der Waals surface area contributed by atoms with Crippen molar-refractivity contribution in [1.82, 2.24) is 30.2 Å². The molecule has 212 valence electrons. The number of hydrogen-bond acceptors (Lipinski definition) is 7. The number of aromatic nitrogens is 6. The van der Waals surface area contributed by atoms with Crippen LogP contribution < -0.4 is 0 Å². The lowest BCUT2D eigenvalue weighted by Crippen LogP contribution is -2.09. The van der Waals surface area contributed by atoms with Crippen molar-refractivity contribution in [3.8, 4) is 22.7 Å². The van der Waals surface area contributed by atoms with Crippen LogP contribution in [0.2, 0.25) is 0 Å². The Labute approximate surface area is 254 Å². The first-order valence-corrected chi connectivity index (χ1v) is 15.2. The molecule has 6 rings (SSSR count). The summed E-state index contributed by atoms with van der Waals surface area (Å²) >= 11 is 5.39. The lowest BCUT2D eigenvalue weighted by Gasteiger charge is -2.12. The van der Waals surface area contributed by atoms with Crippen LogP contribution in [0.25, 0.3) is 39.8 Å². The number of furan rings is 1. The average molecular weight is 644 g/mol. The maximum absolute atomic E-state index is 12.2. The van der Waals surface area contributed by atoms with Crippen LogP contribution in [0.4, 0.5) is 0 Å². The van der Waals surface area contributed by atoms with Crippen molar-refractivity contribution in [2.45, 2.75) is 39.2 Å². The summed E-state index contributed by atoms with van der Waals surface area (Å²) in [6, 6.07) is 17.6. The highest BCUT2D eigenvalue weighted by Gasteiger charge is 2.22. The minimum atomic E-state index is -0.934. The Morgan fingerprint density at radius 3 is 2.74 bits per heavy atom. The van der Waals surface area contributed by atoms with E-state index in [0.29, 0.717) is 30.1 Å². The number of nitrogens with one attached hydrogen (secondary N) is 1. The molecule has 0 spiro atoms. The summed E-state index contributed by atoms with van der Waals surface area (Å²) in [4.78, 5) is 17.9. The fraction of sp³-hybridized carbons (Fsp3) is 0.194. The average Bonchev–Trinajstić information content (AvgIpc) is 3.81. The zero-order valence-corrected chi connectivity index (χ0v) is 25.2. The lowest BCUT2D eigenvalue weighted by atomic mass is 10.0. The molecule has 2 aromatic carbocycles. The smallest absolute Gasteiger partial charge is 0.332 e. The van der Waals surface area contributed by atoms with Gasteiger partial charge in [-0.2, -0.15) is 5.21 Å². The largest absolute Gasteiger partial charge is 0.478 e. The molecule has 0 radical (unpaired) electrons. The summed E-state index contributed by atoms with van der Waals surface area (Å²) < 4.78 is 9.36. The fourth-order valence-corrected chi connectivity index (χ4v) is 6.51. The van der Waals surface area contributed by atoms with Gasteiger partial charge in [0.2, 0.25) is 5.82 Å². The van der Waals surface area contributed by atoms with Gasteiger partial charge in [0, 0.05) is 39.8 Å². The van der Waals surface area contributed by atoms with Crippen molar-refractivity contribution in [3.05, 3.63) is 98.2 Å². The number of tetrazole rings is 1. The summed E-state index contributed by atoms with van der Waals surface area (Å²) in [5.74, 6) is 1.13. The van der Waals surface area contributed by atoms with Crippen molar-refractivity contribution >= 4 is 50.3 Å². The van der Waals surface area contributed by atoms with Crippen LogP contribution in [-0.4, -0.2) is 41.3 Å². The first-order valence-electron chi connectivity index (χ1n) is 13.6. The summed E-state index contributed by atoms with van der Waals surface area (Å²) in [5, 5.41) is 27.5. The van der Waals surface area contributed by atoms with E-state index < -0.39 is 5.97 Å². The van der Waals surface area contributed by atoms with E-state index in [2.05, 4.69) is 54.1 Å². The standard InChI is InChI=1S/C31H27BrN6O3S/c1-2-3-13-26-33-17-21(15-20(31(39)40)16-22-9-7-14-42-22)38(26)18-19-8-6-12-25-27(19)28(32)29(41-25)23-10-4-5-11-24(23)30-34-36-37-35-30/h4-12,14-15,17H,2-3,13,16,18H2,1H3,(H,39,40)(H,34,35,36,37). The summed E-state index contributed by atoms with van der Waals surface area (Å²) in [6.45, 7) is 2.65. The van der Waals surface area contributed by atoms with E-state index in [1.54, 1.807) is 23.6 Å². The zero-order valence-electron chi connectivity index (χ0n) is 22.7. The molecule has 0 unspecified atom stereocenters. The van der Waals surface area contributed by atoms with Gasteiger partial charge in [-0.25, -0.2) is 9.78 Å². The molecule has 42 heavy (non-hydrogen) atoms. The number of H-pyrrole nitrogens is 1. The molecule has 0 aliphatic heterocycles. The quantitative estimate of drug-likeness (QED) is 0.141. The number of hydrogen-bond donors (Lipinski definition) is 2. The molecule has 0 aliphatic carbocycles. The Hall–Kier alpha value is -4.35. The first-order chi connectivity index (χ1) is 20.5. The van der Waals surface area contributed by atoms with Gasteiger partial charge >= 0.3 is 5.97 Å². The number of thiophene rings is 1. The third-order valence-electron chi connectivity index (χ3n) is 7.09. The SMILES string of the molecule is CCCCc1ncc(C=C(Cc2cccs2)C(=O)O)n1Cc1cccc2oc(-c3ccccc3-c3nn[nH]n3)c(Br)c12. The fourth-order valence-electron chi connectivity index (χ4n) is 5.04. The number of unbranched alkanes of at least 4 members (excludes halogenated alkanes) is 1. The van der Waals surface area contributed by atoms with Crippen molar-refractivity contribution < 1.29 is 14.3 Å². The number of imidazole rings is 1. The maximum atomic E-state index is 12.2. The van der Waals surface area contributed by atoms with Crippen molar-refractivity contribution in [2.75, 3.05) is 0 Å². The number of halogens is 1. The molecule has 0 saturated heterocycles. The van der Waals surface area contributed by atoms with E-state index in [9.17, 15) is 9.90 Å². The molecule has 0 bridgehead atoms. The van der Waals surface area contributed by atoms with Gasteiger partial charge in [-0.1, -0.05) is 55.8 Å². The lowest BCUT2D eigenvalue weighted by molar-refractivity contribution is -0.132. The maximum Gasteiger partial charge on any atom is 0.332 e. The molecule has 6 aromatic rings. The first kappa shape index (κ1) is 27.8. The molecule has 4 aromatic heterocycles. The van der Waals surface area contributed by atoms with Crippen LogP contribution in [-0.2, 0) is 24.2 Å². The van der Waals surface area contributed by atoms with Crippen LogP contribution in [0.3, 0.4) is 0 Å². The molecule has 0 fully saturated rings. The Morgan fingerprint density at radius 2 is 2.00 bits per heavy atom. The Kier molecular flexibility index (Phi) is 8.11. The van der Waals surface area contributed by atoms with Crippen molar-refractivity contribution in [3.63, 3.8) is 0 Å².